The number of hydrogen-bond donors (Lipinski definition) is 2. The molecule has 0 fully saturated rings. The zero-order valence-corrected chi connectivity index (χ0v) is 13.8. The van der Waals surface area contributed by atoms with E-state index >= 15 is 0 Å². The van der Waals surface area contributed by atoms with Crippen molar-refractivity contribution in [2.75, 3.05) is 5.32 Å². The Morgan fingerprint density at radius 2 is 2.00 bits per heavy atom. The van der Waals surface area contributed by atoms with Crippen molar-refractivity contribution < 1.29 is 9.90 Å². The van der Waals surface area contributed by atoms with Gasteiger partial charge in [-0.15, -0.1) is 0 Å². The summed E-state index contributed by atoms with van der Waals surface area (Å²) in [7, 11) is 0. The highest BCUT2D eigenvalue weighted by Gasteiger charge is 2.30. The number of benzene rings is 1. The van der Waals surface area contributed by atoms with E-state index in [1.54, 1.807) is 12.3 Å². The van der Waals surface area contributed by atoms with Crippen LogP contribution >= 0.6 is 0 Å². The Balaban J connectivity index is 1.95. The zero-order chi connectivity index (χ0) is 17.0. The molecule has 6 nitrogen and oxygen atoms in total. The van der Waals surface area contributed by atoms with Crippen LogP contribution in [0.1, 0.15) is 40.4 Å². The Labute approximate surface area is 139 Å². The summed E-state index contributed by atoms with van der Waals surface area (Å²) in [5.74, 6) is -0.0156. The minimum atomic E-state index is -0.126. The molecule has 0 bridgehead atoms. The maximum absolute atomic E-state index is 12.2. The standard InChI is InChI=1S/C18H18N4O2/c1-9-4-13-12(6-17(24)21-15(13)7-16(9)23)14-8-19-22-11(3)5-10(2)20-18(14)22/h4-5,7-8,12,23H,6H2,1-3H3,(H,21,24)/t12-/m0/s1. The molecular formula is C18H18N4O2. The highest BCUT2D eigenvalue weighted by molar-refractivity contribution is 5.96. The van der Waals surface area contributed by atoms with Gasteiger partial charge in [0.15, 0.2) is 5.65 Å². The van der Waals surface area contributed by atoms with E-state index in [-0.39, 0.29) is 17.6 Å². The van der Waals surface area contributed by atoms with Crippen molar-refractivity contribution in [1.82, 2.24) is 14.6 Å². The fourth-order valence-corrected chi connectivity index (χ4v) is 3.42. The molecule has 3 heterocycles. The van der Waals surface area contributed by atoms with E-state index in [2.05, 4.69) is 15.4 Å². The van der Waals surface area contributed by atoms with Gasteiger partial charge in [0.25, 0.3) is 0 Å². The van der Waals surface area contributed by atoms with Gasteiger partial charge in [0.2, 0.25) is 5.91 Å². The van der Waals surface area contributed by atoms with Crippen molar-refractivity contribution in [3.63, 3.8) is 0 Å². The van der Waals surface area contributed by atoms with Gasteiger partial charge in [0.1, 0.15) is 5.75 Å². The molecule has 24 heavy (non-hydrogen) atoms. The maximum atomic E-state index is 12.2. The highest BCUT2D eigenvalue weighted by atomic mass is 16.3. The third-order valence-corrected chi connectivity index (χ3v) is 4.59. The Kier molecular flexibility index (Phi) is 3.09. The second kappa shape index (κ2) is 5.06. The van der Waals surface area contributed by atoms with Crippen LogP contribution in [0.25, 0.3) is 5.65 Å². The van der Waals surface area contributed by atoms with E-state index < -0.39 is 0 Å². The summed E-state index contributed by atoms with van der Waals surface area (Å²) in [6.07, 6.45) is 2.14. The first kappa shape index (κ1) is 14.7. The molecule has 0 saturated carbocycles. The molecule has 0 unspecified atom stereocenters. The Hall–Kier alpha value is -2.89. The topological polar surface area (TPSA) is 79.5 Å². The van der Waals surface area contributed by atoms with Gasteiger partial charge in [0, 0.05) is 41.0 Å². The Bertz CT molecular complexity index is 990. The number of hydrogen-bond acceptors (Lipinski definition) is 4. The van der Waals surface area contributed by atoms with E-state index in [1.165, 1.54) is 0 Å². The molecule has 4 rings (SSSR count). The van der Waals surface area contributed by atoms with E-state index in [9.17, 15) is 9.90 Å². The number of carbonyl (C=O) groups is 1. The molecule has 6 heteroatoms. The summed E-state index contributed by atoms with van der Waals surface area (Å²) in [5, 5.41) is 17.2. The molecule has 1 aliphatic heterocycles. The lowest BCUT2D eigenvalue weighted by Crippen LogP contribution is -2.23. The smallest absolute Gasteiger partial charge is 0.225 e. The summed E-state index contributed by atoms with van der Waals surface area (Å²) in [4.78, 5) is 16.8. The summed E-state index contributed by atoms with van der Waals surface area (Å²) in [5.41, 5.74) is 6.07. The van der Waals surface area contributed by atoms with Gasteiger partial charge in [-0.25, -0.2) is 9.50 Å². The molecular weight excluding hydrogens is 304 g/mol. The normalized spacial score (nSPS) is 17.0. The minimum Gasteiger partial charge on any atom is -0.508 e. The van der Waals surface area contributed by atoms with Crippen molar-refractivity contribution in [2.24, 2.45) is 0 Å². The Morgan fingerprint density at radius 3 is 2.79 bits per heavy atom. The number of carbonyl (C=O) groups excluding carboxylic acids is 1. The lowest BCUT2D eigenvalue weighted by Gasteiger charge is -2.26. The number of anilines is 1. The summed E-state index contributed by atoms with van der Waals surface area (Å²) in [6.45, 7) is 5.79. The predicted molar refractivity (Wildman–Crippen MR) is 90.4 cm³/mol. The Morgan fingerprint density at radius 1 is 1.21 bits per heavy atom. The molecule has 0 radical (unpaired) electrons. The second-order valence-electron chi connectivity index (χ2n) is 6.41. The van der Waals surface area contributed by atoms with Crippen LogP contribution in [0.5, 0.6) is 5.75 Å². The van der Waals surface area contributed by atoms with Crippen molar-refractivity contribution in [3.8, 4) is 5.75 Å². The summed E-state index contributed by atoms with van der Waals surface area (Å²) >= 11 is 0. The molecule has 1 aliphatic rings. The van der Waals surface area contributed by atoms with Gasteiger partial charge in [0.05, 0.1) is 6.20 Å². The number of fused-ring (bicyclic) bond motifs is 2. The quantitative estimate of drug-likeness (QED) is 0.722. The fourth-order valence-electron chi connectivity index (χ4n) is 3.42. The van der Waals surface area contributed by atoms with Crippen molar-refractivity contribution >= 4 is 17.2 Å². The number of aromatic nitrogens is 3. The van der Waals surface area contributed by atoms with Crippen LogP contribution in [-0.4, -0.2) is 25.6 Å². The lowest BCUT2D eigenvalue weighted by molar-refractivity contribution is -0.116. The number of aromatic hydroxyl groups is 1. The first-order valence-electron chi connectivity index (χ1n) is 7.89. The molecule has 2 aromatic heterocycles. The van der Waals surface area contributed by atoms with E-state index in [0.717, 1.165) is 33.7 Å². The number of amides is 1. The van der Waals surface area contributed by atoms with Crippen LogP contribution in [0.3, 0.4) is 0 Å². The van der Waals surface area contributed by atoms with Crippen LogP contribution in [0.2, 0.25) is 0 Å². The third kappa shape index (κ3) is 2.14. The average molecular weight is 322 g/mol. The van der Waals surface area contributed by atoms with E-state index in [1.807, 2.05) is 37.4 Å². The van der Waals surface area contributed by atoms with Crippen LogP contribution in [0, 0.1) is 20.8 Å². The minimum absolute atomic E-state index is 0.0699. The van der Waals surface area contributed by atoms with Gasteiger partial charge in [-0.3, -0.25) is 4.79 Å². The number of phenolic OH excluding ortho intramolecular Hbond substituents is 1. The van der Waals surface area contributed by atoms with Crippen molar-refractivity contribution in [2.45, 2.75) is 33.1 Å². The monoisotopic (exact) mass is 322 g/mol. The highest BCUT2D eigenvalue weighted by Crippen LogP contribution is 2.41. The molecule has 2 N–H and O–H groups in total. The fraction of sp³-hybridized carbons (Fsp3) is 0.278. The van der Waals surface area contributed by atoms with Gasteiger partial charge in [-0.1, -0.05) is 0 Å². The van der Waals surface area contributed by atoms with Gasteiger partial charge >= 0.3 is 0 Å². The SMILES string of the molecule is Cc1cc(C)n2ncc([C@H]3CC(=O)Nc4cc(O)c(C)cc43)c2n1. The molecule has 1 amide bonds. The third-order valence-electron chi connectivity index (χ3n) is 4.59. The van der Waals surface area contributed by atoms with Crippen molar-refractivity contribution in [3.05, 3.63) is 52.5 Å². The van der Waals surface area contributed by atoms with Gasteiger partial charge < -0.3 is 10.4 Å². The molecule has 1 aromatic carbocycles. The van der Waals surface area contributed by atoms with Crippen LogP contribution in [0.4, 0.5) is 5.69 Å². The first-order chi connectivity index (χ1) is 11.4. The van der Waals surface area contributed by atoms with Crippen LogP contribution in [0.15, 0.2) is 24.4 Å². The summed E-state index contributed by atoms with van der Waals surface area (Å²) in [6, 6.07) is 5.53. The van der Waals surface area contributed by atoms with Crippen molar-refractivity contribution in [1.29, 1.82) is 0 Å². The van der Waals surface area contributed by atoms with Crippen LogP contribution in [-0.2, 0) is 4.79 Å². The molecule has 122 valence electrons. The number of nitrogens with one attached hydrogen (secondary N) is 1. The number of rotatable bonds is 1. The number of phenols is 1. The number of nitrogens with zero attached hydrogens (tertiary/aromatic N) is 3. The average Bonchev–Trinajstić information content (AvgIpc) is 2.92. The number of aryl methyl sites for hydroxylation is 3. The van der Waals surface area contributed by atoms with E-state index in [4.69, 9.17) is 0 Å². The summed E-state index contributed by atoms with van der Waals surface area (Å²) < 4.78 is 1.81. The maximum Gasteiger partial charge on any atom is 0.225 e. The zero-order valence-electron chi connectivity index (χ0n) is 13.8. The predicted octanol–water partition coefficient (Wildman–Crippen LogP) is 2.83. The molecule has 0 saturated heterocycles. The van der Waals surface area contributed by atoms with Gasteiger partial charge in [-0.05, 0) is 44.0 Å². The molecule has 1 atom stereocenters. The molecule has 3 aromatic rings. The van der Waals surface area contributed by atoms with Gasteiger partial charge in [-0.2, -0.15) is 5.10 Å². The molecule has 0 spiro atoms. The second-order valence-corrected chi connectivity index (χ2v) is 6.41. The van der Waals surface area contributed by atoms with Crippen LogP contribution < -0.4 is 5.32 Å². The largest absolute Gasteiger partial charge is 0.508 e. The first-order valence-corrected chi connectivity index (χ1v) is 7.89. The van der Waals surface area contributed by atoms with E-state index in [0.29, 0.717) is 12.1 Å². The molecule has 0 aliphatic carbocycles. The lowest BCUT2D eigenvalue weighted by atomic mass is 9.85.